The lowest BCUT2D eigenvalue weighted by Gasteiger charge is -2.05. The van der Waals surface area contributed by atoms with Crippen LogP contribution in [0.25, 0.3) is 0 Å². The molecule has 0 aliphatic carbocycles. The van der Waals surface area contributed by atoms with Crippen molar-refractivity contribution in [2.75, 3.05) is 25.1 Å². The molecule has 15 heavy (non-hydrogen) atoms. The number of H-pyrrole nitrogens is 1. The van der Waals surface area contributed by atoms with Crippen molar-refractivity contribution in [2.45, 2.75) is 19.8 Å². The molecular formula is C10H17N3O2. The van der Waals surface area contributed by atoms with Gasteiger partial charge >= 0.3 is 0 Å². The van der Waals surface area contributed by atoms with E-state index in [0.717, 1.165) is 25.1 Å². The first-order valence-electron chi connectivity index (χ1n) is 5.19. The number of nitrogens with zero attached hydrogens (tertiary/aromatic N) is 1. The maximum Gasteiger partial charge on any atom is 0.266 e. The van der Waals surface area contributed by atoms with Gasteiger partial charge in [-0.3, -0.25) is 4.79 Å². The van der Waals surface area contributed by atoms with E-state index >= 15 is 0 Å². The molecule has 5 nitrogen and oxygen atoms in total. The largest absolute Gasteiger partial charge is 0.381 e. The third-order valence-electron chi connectivity index (χ3n) is 1.88. The predicted octanol–water partition coefficient (Wildman–Crippen LogP) is 0.998. The van der Waals surface area contributed by atoms with Crippen molar-refractivity contribution in [1.82, 2.24) is 10.2 Å². The molecule has 0 radical (unpaired) electrons. The average molecular weight is 211 g/mol. The number of unbranched alkanes of at least 4 members (excludes halogenated alkanes) is 1. The van der Waals surface area contributed by atoms with Gasteiger partial charge in [0.15, 0.2) is 0 Å². The van der Waals surface area contributed by atoms with Gasteiger partial charge in [-0.15, -0.1) is 0 Å². The Balaban J connectivity index is 2.12. The second kappa shape index (κ2) is 7.00. The molecule has 0 saturated carbocycles. The molecule has 84 valence electrons. The van der Waals surface area contributed by atoms with Crippen molar-refractivity contribution in [2.24, 2.45) is 0 Å². The molecule has 2 N–H and O–H groups in total. The third kappa shape index (κ3) is 5.17. The number of aromatic nitrogens is 2. The smallest absolute Gasteiger partial charge is 0.266 e. The molecule has 1 aromatic heterocycles. The molecule has 0 spiro atoms. The molecule has 1 heterocycles. The summed E-state index contributed by atoms with van der Waals surface area (Å²) >= 11 is 0. The van der Waals surface area contributed by atoms with Crippen molar-refractivity contribution >= 4 is 5.69 Å². The van der Waals surface area contributed by atoms with E-state index in [1.165, 1.54) is 6.07 Å². The lowest BCUT2D eigenvalue weighted by atomic mass is 10.4. The Morgan fingerprint density at radius 3 is 3.13 bits per heavy atom. The zero-order chi connectivity index (χ0) is 10.9. The van der Waals surface area contributed by atoms with Crippen molar-refractivity contribution in [1.29, 1.82) is 0 Å². The summed E-state index contributed by atoms with van der Waals surface area (Å²) in [5.74, 6) is 0. The molecule has 0 unspecified atom stereocenters. The molecule has 0 aliphatic heterocycles. The van der Waals surface area contributed by atoms with Crippen LogP contribution in [0.4, 0.5) is 5.69 Å². The number of aromatic amines is 1. The summed E-state index contributed by atoms with van der Waals surface area (Å²) in [7, 11) is 0. The number of hydrogen-bond acceptors (Lipinski definition) is 4. The number of ether oxygens (including phenoxy) is 1. The quantitative estimate of drug-likeness (QED) is 0.660. The van der Waals surface area contributed by atoms with Gasteiger partial charge in [-0.2, -0.15) is 5.10 Å². The van der Waals surface area contributed by atoms with E-state index in [2.05, 4.69) is 22.4 Å². The van der Waals surface area contributed by atoms with Gasteiger partial charge in [0.1, 0.15) is 0 Å². The Hall–Kier alpha value is -1.36. The van der Waals surface area contributed by atoms with E-state index in [9.17, 15) is 4.79 Å². The van der Waals surface area contributed by atoms with Crippen LogP contribution in [-0.2, 0) is 4.74 Å². The Kier molecular flexibility index (Phi) is 5.47. The number of rotatable bonds is 7. The average Bonchev–Trinajstić information content (AvgIpc) is 2.23. The molecule has 0 fully saturated rings. The van der Waals surface area contributed by atoms with Crippen LogP contribution in [0.15, 0.2) is 17.1 Å². The van der Waals surface area contributed by atoms with Crippen LogP contribution in [0.1, 0.15) is 19.8 Å². The van der Waals surface area contributed by atoms with E-state index in [1.807, 2.05) is 0 Å². The Bertz CT molecular complexity index is 324. The van der Waals surface area contributed by atoms with E-state index in [1.54, 1.807) is 6.20 Å². The summed E-state index contributed by atoms with van der Waals surface area (Å²) in [5, 5.41) is 9.04. The van der Waals surface area contributed by atoms with Gasteiger partial charge in [0.25, 0.3) is 5.56 Å². The highest BCUT2D eigenvalue weighted by molar-refractivity contribution is 5.38. The number of anilines is 1. The zero-order valence-electron chi connectivity index (χ0n) is 8.95. The van der Waals surface area contributed by atoms with Crippen LogP contribution in [-0.4, -0.2) is 30.0 Å². The Morgan fingerprint density at radius 2 is 2.40 bits per heavy atom. The molecule has 0 amide bonds. The number of nitrogens with one attached hydrogen (secondary N) is 2. The van der Waals surface area contributed by atoms with Gasteiger partial charge in [-0.25, -0.2) is 5.10 Å². The molecule has 1 rings (SSSR count). The van der Waals surface area contributed by atoms with Crippen LogP contribution in [0, 0.1) is 0 Å². The fourth-order valence-corrected chi connectivity index (χ4v) is 1.09. The SMILES string of the molecule is CCCCOCCNc1cn[nH]c(=O)c1. The predicted molar refractivity (Wildman–Crippen MR) is 59.1 cm³/mol. The summed E-state index contributed by atoms with van der Waals surface area (Å²) in [5.41, 5.74) is 0.518. The van der Waals surface area contributed by atoms with Gasteiger partial charge in [0, 0.05) is 19.2 Å². The van der Waals surface area contributed by atoms with Crippen LogP contribution < -0.4 is 10.9 Å². The van der Waals surface area contributed by atoms with Gasteiger partial charge in [-0.05, 0) is 6.42 Å². The van der Waals surface area contributed by atoms with E-state index in [-0.39, 0.29) is 5.56 Å². The molecule has 0 atom stereocenters. The minimum absolute atomic E-state index is 0.202. The summed E-state index contributed by atoms with van der Waals surface area (Å²) in [6.45, 7) is 4.26. The van der Waals surface area contributed by atoms with Gasteiger partial charge in [0.05, 0.1) is 18.5 Å². The normalized spacial score (nSPS) is 10.2. The second-order valence-electron chi connectivity index (χ2n) is 3.23. The summed E-state index contributed by atoms with van der Waals surface area (Å²) in [6.07, 6.45) is 3.81. The van der Waals surface area contributed by atoms with Crippen molar-refractivity contribution in [3.8, 4) is 0 Å². The van der Waals surface area contributed by atoms with Crippen LogP contribution in [0.5, 0.6) is 0 Å². The molecule has 0 saturated heterocycles. The van der Waals surface area contributed by atoms with Crippen molar-refractivity contribution in [3.63, 3.8) is 0 Å². The minimum atomic E-state index is -0.202. The second-order valence-corrected chi connectivity index (χ2v) is 3.23. The topological polar surface area (TPSA) is 67.0 Å². The van der Waals surface area contributed by atoms with Crippen molar-refractivity contribution in [3.05, 3.63) is 22.6 Å². The molecule has 0 aliphatic rings. The first-order valence-corrected chi connectivity index (χ1v) is 5.19. The van der Waals surface area contributed by atoms with E-state index in [0.29, 0.717) is 13.2 Å². The first kappa shape index (κ1) is 11.7. The monoisotopic (exact) mass is 211 g/mol. The van der Waals surface area contributed by atoms with Crippen LogP contribution in [0.3, 0.4) is 0 Å². The summed E-state index contributed by atoms with van der Waals surface area (Å²) < 4.78 is 5.36. The van der Waals surface area contributed by atoms with Crippen LogP contribution in [0.2, 0.25) is 0 Å². The lowest BCUT2D eigenvalue weighted by Crippen LogP contribution is -2.13. The molecule has 1 aromatic rings. The maximum absolute atomic E-state index is 10.9. The Morgan fingerprint density at radius 1 is 1.53 bits per heavy atom. The Labute approximate surface area is 88.9 Å². The fraction of sp³-hybridized carbons (Fsp3) is 0.600. The number of hydrogen-bond donors (Lipinski definition) is 2. The molecule has 0 aromatic carbocycles. The highest BCUT2D eigenvalue weighted by Gasteiger charge is 1.93. The van der Waals surface area contributed by atoms with E-state index < -0.39 is 0 Å². The maximum atomic E-state index is 10.9. The molecule has 0 bridgehead atoms. The van der Waals surface area contributed by atoms with Gasteiger partial charge < -0.3 is 10.1 Å². The highest BCUT2D eigenvalue weighted by Crippen LogP contribution is 1.97. The summed E-state index contributed by atoms with van der Waals surface area (Å²) in [6, 6.07) is 1.47. The van der Waals surface area contributed by atoms with E-state index in [4.69, 9.17) is 4.74 Å². The standard InChI is InChI=1S/C10H17N3O2/c1-2-3-5-15-6-4-11-9-7-10(14)13-12-8-9/h7-8H,2-6H2,1H3,(H2,11,13,14). The molecular weight excluding hydrogens is 194 g/mol. The van der Waals surface area contributed by atoms with Crippen LogP contribution >= 0.6 is 0 Å². The lowest BCUT2D eigenvalue weighted by molar-refractivity contribution is 0.141. The molecule has 5 heteroatoms. The van der Waals surface area contributed by atoms with Gasteiger partial charge in [0.2, 0.25) is 0 Å². The summed E-state index contributed by atoms with van der Waals surface area (Å²) in [4.78, 5) is 10.9. The highest BCUT2D eigenvalue weighted by atomic mass is 16.5. The van der Waals surface area contributed by atoms with Gasteiger partial charge in [-0.1, -0.05) is 13.3 Å². The third-order valence-corrected chi connectivity index (χ3v) is 1.88. The minimum Gasteiger partial charge on any atom is -0.381 e. The van der Waals surface area contributed by atoms with Crippen molar-refractivity contribution < 1.29 is 4.74 Å². The first-order chi connectivity index (χ1) is 7.33. The zero-order valence-corrected chi connectivity index (χ0v) is 8.95. The fourth-order valence-electron chi connectivity index (χ4n) is 1.09.